The SMILES string of the molecule is CCOc1cccc(C(NC)C2(OC)CCCCCC2)c1. The van der Waals surface area contributed by atoms with Crippen LogP contribution in [0.2, 0.25) is 0 Å². The largest absolute Gasteiger partial charge is 0.494 e. The zero-order chi connectivity index (χ0) is 15.1. The van der Waals surface area contributed by atoms with E-state index in [1.807, 2.05) is 27.1 Å². The molecule has 3 heteroatoms. The molecule has 1 saturated carbocycles. The maximum atomic E-state index is 6.06. The Labute approximate surface area is 129 Å². The Morgan fingerprint density at radius 2 is 1.90 bits per heavy atom. The first-order chi connectivity index (χ1) is 10.3. The second-order valence-corrected chi connectivity index (χ2v) is 5.91. The van der Waals surface area contributed by atoms with Gasteiger partial charge in [-0.1, -0.05) is 37.8 Å². The molecule has 1 aliphatic rings. The Kier molecular flexibility index (Phi) is 6.07. The molecule has 0 bridgehead atoms. The summed E-state index contributed by atoms with van der Waals surface area (Å²) in [4.78, 5) is 0. The zero-order valence-electron chi connectivity index (χ0n) is 13.7. The van der Waals surface area contributed by atoms with Crippen LogP contribution in [0.25, 0.3) is 0 Å². The summed E-state index contributed by atoms with van der Waals surface area (Å²) in [7, 11) is 3.89. The molecule has 2 rings (SSSR count). The van der Waals surface area contributed by atoms with E-state index in [0.29, 0.717) is 6.61 Å². The summed E-state index contributed by atoms with van der Waals surface area (Å²) < 4.78 is 11.7. The van der Waals surface area contributed by atoms with Crippen LogP contribution in [0.15, 0.2) is 24.3 Å². The Balaban J connectivity index is 2.29. The van der Waals surface area contributed by atoms with Gasteiger partial charge in [0.1, 0.15) is 5.75 Å². The quantitative estimate of drug-likeness (QED) is 0.801. The predicted molar refractivity (Wildman–Crippen MR) is 86.9 cm³/mol. The van der Waals surface area contributed by atoms with Crippen LogP contribution in [0, 0.1) is 0 Å². The summed E-state index contributed by atoms with van der Waals surface area (Å²) >= 11 is 0. The molecule has 21 heavy (non-hydrogen) atoms. The Morgan fingerprint density at radius 1 is 1.19 bits per heavy atom. The molecule has 0 aromatic heterocycles. The minimum atomic E-state index is -0.101. The molecule has 1 aromatic carbocycles. The van der Waals surface area contributed by atoms with Crippen LogP contribution >= 0.6 is 0 Å². The van der Waals surface area contributed by atoms with E-state index in [-0.39, 0.29) is 11.6 Å². The summed E-state index contributed by atoms with van der Waals surface area (Å²) in [5, 5.41) is 3.50. The molecule has 0 aliphatic heterocycles. The van der Waals surface area contributed by atoms with Gasteiger partial charge in [-0.15, -0.1) is 0 Å². The molecular weight excluding hydrogens is 262 g/mol. The van der Waals surface area contributed by atoms with Crippen molar-refractivity contribution in [2.45, 2.75) is 57.1 Å². The molecule has 0 spiro atoms. The van der Waals surface area contributed by atoms with Crippen LogP contribution in [-0.2, 0) is 4.74 Å². The lowest BCUT2D eigenvalue weighted by Gasteiger charge is -2.39. The molecule has 3 nitrogen and oxygen atoms in total. The normalized spacial score (nSPS) is 19.8. The smallest absolute Gasteiger partial charge is 0.119 e. The van der Waals surface area contributed by atoms with E-state index in [4.69, 9.17) is 9.47 Å². The highest BCUT2D eigenvalue weighted by atomic mass is 16.5. The topological polar surface area (TPSA) is 30.5 Å². The number of nitrogens with one attached hydrogen (secondary N) is 1. The minimum Gasteiger partial charge on any atom is -0.494 e. The van der Waals surface area contributed by atoms with Gasteiger partial charge < -0.3 is 14.8 Å². The Bertz CT molecular complexity index is 425. The van der Waals surface area contributed by atoms with E-state index in [1.54, 1.807) is 0 Å². The van der Waals surface area contributed by atoms with Crippen molar-refractivity contribution in [3.63, 3.8) is 0 Å². The predicted octanol–water partition coefficient (Wildman–Crippen LogP) is 4.09. The first-order valence-electron chi connectivity index (χ1n) is 8.21. The highest BCUT2D eigenvalue weighted by Gasteiger charge is 2.39. The molecule has 1 fully saturated rings. The molecular formula is C18H29NO2. The second-order valence-electron chi connectivity index (χ2n) is 5.91. The van der Waals surface area contributed by atoms with E-state index in [2.05, 4.69) is 23.5 Å². The van der Waals surface area contributed by atoms with Crippen LogP contribution < -0.4 is 10.1 Å². The first-order valence-corrected chi connectivity index (χ1v) is 8.21. The fourth-order valence-corrected chi connectivity index (χ4v) is 3.62. The highest BCUT2D eigenvalue weighted by molar-refractivity contribution is 5.32. The van der Waals surface area contributed by atoms with Gasteiger partial charge in [0, 0.05) is 7.11 Å². The third-order valence-electron chi connectivity index (χ3n) is 4.67. The number of likely N-dealkylation sites (N-methyl/N-ethyl adjacent to an activating group) is 1. The number of ether oxygens (including phenoxy) is 2. The lowest BCUT2D eigenvalue weighted by molar-refractivity contribution is -0.0523. The van der Waals surface area contributed by atoms with Gasteiger partial charge >= 0.3 is 0 Å². The summed E-state index contributed by atoms with van der Waals surface area (Å²) in [6, 6.07) is 8.63. The number of rotatable bonds is 6. The molecule has 0 saturated heterocycles. The van der Waals surface area contributed by atoms with Crippen molar-refractivity contribution in [3.05, 3.63) is 29.8 Å². The van der Waals surface area contributed by atoms with E-state index < -0.39 is 0 Å². The average Bonchev–Trinajstić information content (AvgIpc) is 2.75. The molecule has 118 valence electrons. The van der Waals surface area contributed by atoms with Crippen LogP contribution in [0.4, 0.5) is 0 Å². The Morgan fingerprint density at radius 3 is 2.48 bits per heavy atom. The first kappa shape index (κ1) is 16.3. The van der Waals surface area contributed by atoms with Gasteiger partial charge in [0.2, 0.25) is 0 Å². The van der Waals surface area contributed by atoms with E-state index in [0.717, 1.165) is 18.6 Å². The van der Waals surface area contributed by atoms with Crippen LogP contribution in [-0.4, -0.2) is 26.4 Å². The van der Waals surface area contributed by atoms with Gasteiger partial charge in [-0.2, -0.15) is 0 Å². The van der Waals surface area contributed by atoms with Gasteiger partial charge in [0.05, 0.1) is 18.2 Å². The maximum Gasteiger partial charge on any atom is 0.119 e. The standard InChI is InChI=1S/C18H29NO2/c1-4-21-16-11-9-10-15(14-16)17(19-2)18(20-3)12-7-5-6-8-13-18/h9-11,14,17,19H,4-8,12-13H2,1-3H3. The minimum absolute atomic E-state index is 0.101. The lowest BCUT2D eigenvalue weighted by atomic mass is 9.82. The monoisotopic (exact) mass is 291 g/mol. The molecule has 0 heterocycles. The van der Waals surface area contributed by atoms with E-state index in [9.17, 15) is 0 Å². The van der Waals surface area contributed by atoms with E-state index >= 15 is 0 Å². The number of benzene rings is 1. The van der Waals surface area contributed by atoms with Gasteiger partial charge in [-0.3, -0.25) is 0 Å². The third-order valence-corrected chi connectivity index (χ3v) is 4.67. The van der Waals surface area contributed by atoms with Crippen molar-refractivity contribution in [3.8, 4) is 5.75 Å². The number of methoxy groups -OCH3 is 1. The average molecular weight is 291 g/mol. The summed E-state index contributed by atoms with van der Waals surface area (Å²) in [5.74, 6) is 0.940. The van der Waals surface area contributed by atoms with Crippen LogP contribution in [0.1, 0.15) is 57.1 Å². The van der Waals surface area contributed by atoms with Crippen molar-refractivity contribution in [2.24, 2.45) is 0 Å². The van der Waals surface area contributed by atoms with Gasteiger partial charge in [0.15, 0.2) is 0 Å². The maximum absolute atomic E-state index is 6.06. The summed E-state index contributed by atoms with van der Waals surface area (Å²) in [6.45, 7) is 2.72. The van der Waals surface area contributed by atoms with Crippen molar-refractivity contribution >= 4 is 0 Å². The Hall–Kier alpha value is -1.06. The molecule has 1 aliphatic carbocycles. The lowest BCUT2D eigenvalue weighted by Crippen LogP contribution is -2.44. The van der Waals surface area contributed by atoms with Crippen molar-refractivity contribution in [2.75, 3.05) is 20.8 Å². The summed E-state index contributed by atoms with van der Waals surface area (Å²) in [6.07, 6.45) is 7.37. The van der Waals surface area contributed by atoms with Crippen LogP contribution in [0.5, 0.6) is 5.75 Å². The van der Waals surface area contributed by atoms with E-state index in [1.165, 1.54) is 31.2 Å². The second kappa shape index (κ2) is 7.81. The molecule has 1 atom stereocenters. The fraction of sp³-hybridized carbons (Fsp3) is 0.667. The zero-order valence-corrected chi connectivity index (χ0v) is 13.7. The third kappa shape index (κ3) is 3.78. The van der Waals surface area contributed by atoms with Gasteiger partial charge in [-0.05, 0) is 44.5 Å². The highest BCUT2D eigenvalue weighted by Crippen LogP contribution is 2.40. The number of hydrogen-bond donors (Lipinski definition) is 1. The molecule has 1 unspecified atom stereocenters. The molecule has 0 radical (unpaired) electrons. The fourth-order valence-electron chi connectivity index (χ4n) is 3.62. The van der Waals surface area contributed by atoms with Gasteiger partial charge in [0.25, 0.3) is 0 Å². The van der Waals surface area contributed by atoms with Crippen LogP contribution in [0.3, 0.4) is 0 Å². The molecule has 1 N–H and O–H groups in total. The molecule has 1 aromatic rings. The number of hydrogen-bond acceptors (Lipinski definition) is 3. The van der Waals surface area contributed by atoms with Crippen molar-refractivity contribution in [1.29, 1.82) is 0 Å². The van der Waals surface area contributed by atoms with Gasteiger partial charge in [-0.25, -0.2) is 0 Å². The summed E-state index contributed by atoms with van der Waals surface area (Å²) in [5.41, 5.74) is 1.16. The van der Waals surface area contributed by atoms with Crippen molar-refractivity contribution in [1.82, 2.24) is 5.32 Å². The molecule has 0 amide bonds. The van der Waals surface area contributed by atoms with Crippen molar-refractivity contribution < 1.29 is 9.47 Å².